The SMILES string of the molecule is C[C@H](NC(=O)C(C)(C)C)c1nc(-c2ccc(Cl)cc2)no1. The molecule has 0 aliphatic carbocycles. The molecular formula is C15H18ClN3O2. The van der Waals surface area contributed by atoms with Crippen LogP contribution in [0.1, 0.15) is 39.6 Å². The lowest BCUT2D eigenvalue weighted by Crippen LogP contribution is -2.36. The first-order valence-corrected chi connectivity index (χ1v) is 7.05. The maximum absolute atomic E-state index is 11.9. The number of carbonyl (C=O) groups excluding carboxylic acids is 1. The number of rotatable bonds is 3. The second-order valence-corrected chi connectivity index (χ2v) is 6.34. The van der Waals surface area contributed by atoms with Gasteiger partial charge in [0.2, 0.25) is 17.6 Å². The Labute approximate surface area is 128 Å². The van der Waals surface area contributed by atoms with Crippen LogP contribution in [0.15, 0.2) is 28.8 Å². The van der Waals surface area contributed by atoms with Crippen LogP contribution in [0.2, 0.25) is 5.02 Å². The smallest absolute Gasteiger partial charge is 0.249 e. The summed E-state index contributed by atoms with van der Waals surface area (Å²) in [5.41, 5.74) is 0.344. The predicted octanol–water partition coefficient (Wildman–Crippen LogP) is 3.61. The number of benzene rings is 1. The molecule has 0 aliphatic heterocycles. The normalized spacial score (nSPS) is 13.0. The monoisotopic (exact) mass is 307 g/mol. The minimum Gasteiger partial charge on any atom is -0.344 e. The number of nitrogens with zero attached hydrogens (tertiary/aromatic N) is 2. The second kappa shape index (κ2) is 5.85. The molecule has 0 unspecified atom stereocenters. The number of carbonyl (C=O) groups is 1. The first-order chi connectivity index (χ1) is 9.77. The summed E-state index contributed by atoms with van der Waals surface area (Å²) in [6.45, 7) is 7.36. The van der Waals surface area contributed by atoms with Crippen molar-refractivity contribution in [1.82, 2.24) is 15.5 Å². The molecule has 5 nitrogen and oxygen atoms in total. The van der Waals surface area contributed by atoms with Gasteiger partial charge in [-0.25, -0.2) is 0 Å². The van der Waals surface area contributed by atoms with E-state index in [1.165, 1.54) is 0 Å². The lowest BCUT2D eigenvalue weighted by Gasteiger charge is -2.19. The second-order valence-electron chi connectivity index (χ2n) is 5.91. The van der Waals surface area contributed by atoms with Crippen LogP contribution in [0, 0.1) is 5.41 Å². The van der Waals surface area contributed by atoms with Crippen LogP contribution in [0.4, 0.5) is 0 Å². The lowest BCUT2D eigenvalue weighted by molar-refractivity contribution is -0.129. The molecule has 112 valence electrons. The zero-order chi connectivity index (χ0) is 15.6. The molecule has 1 atom stereocenters. The summed E-state index contributed by atoms with van der Waals surface area (Å²) in [5, 5.41) is 7.43. The van der Waals surface area contributed by atoms with Crippen LogP contribution >= 0.6 is 11.6 Å². The Morgan fingerprint density at radius 2 is 1.90 bits per heavy atom. The molecule has 0 fully saturated rings. The number of aromatic nitrogens is 2. The third-order valence-electron chi connectivity index (χ3n) is 2.94. The van der Waals surface area contributed by atoms with Gasteiger partial charge in [-0.05, 0) is 31.2 Å². The van der Waals surface area contributed by atoms with Crippen molar-refractivity contribution in [2.45, 2.75) is 33.7 Å². The van der Waals surface area contributed by atoms with Gasteiger partial charge in [0.25, 0.3) is 0 Å². The molecule has 0 aliphatic rings. The highest BCUT2D eigenvalue weighted by molar-refractivity contribution is 6.30. The molecule has 21 heavy (non-hydrogen) atoms. The van der Waals surface area contributed by atoms with E-state index < -0.39 is 5.41 Å². The van der Waals surface area contributed by atoms with E-state index in [1.54, 1.807) is 12.1 Å². The Balaban J connectivity index is 2.12. The Hall–Kier alpha value is -1.88. The Kier molecular flexibility index (Phi) is 4.32. The standard InChI is InChI=1S/C15H18ClN3O2/c1-9(17-14(20)15(2,3)4)13-18-12(19-21-13)10-5-7-11(16)8-6-10/h5-9H,1-4H3,(H,17,20)/t9-/m0/s1. The summed E-state index contributed by atoms with van der Waals surface area (Å²) in [7, 11) is 0. The maximum atomic E-state index is 11.9. The van der Waals surface area contributed by atoms with Crippen LogP contribution in [-0.2, 0) is 4.79 Å². The van der Waals surface area contributed by atoms with Crippen molar-refractivity contribution in [1.29, 1.82) is 0 Å². The van der Waals surface area contributed by atoms with Gasteiger partial charge in [0, 0.05) is 16.0 Å². The average Bonchev–Trinajstić information content (AvgIpc) is 2.88. The average molecular weight is 308 g/mol. The molecular weight excluding hydrogens is 290 g/mol. The van der Waals surface area contributed by atoms with Crippen LogP contribution in [0.3, 0.4) is 0 Å². The van der Waals surface area contributed by atoms with Crippen molar-refractivity contribution in [3.8, 4) is 11.4 Å². The molecule has 2 rings (SSSR count). The molecule has 2 aromatic rings. The third-order valence-corrected chi connectivity index (χ3v) is 3.20. The van der Waals surface area contributed by atoms with Gasteiger partial charge in [-0.2, -0.15) is 4.98 Å². The zero-order valence-electron chi connectivity index (χ0n) is 12.5. The third kappa shape index (κ3) is 3.82. The zero-order valence-corrected chi connectivity index (χ0v) is 13.2. The number of hydrogen-bond acceptors (Lipinski definition) is 4. The molecule has 0 radical (unpaired) electrons. The summed E-state index contributed by atoms with van der Waals surface area (Å²) < 4.78 is 5.22. The molecule has 0 saturated carbocycles. The molecule has 6 heteroatoms. The van der Waals surface area contributed by atoms with Crippen LogP contribution in [-0.4, -0.2) is 16.0 Å². The van der Waals surface area contributed by atoms with Gasteiger partial charge in [0.05, 0.1) is 0 Å². The van der Waals surface area contributed by atoms with Gasteiger partial charge < -0.3 is 9.84 Å². The first-order valence-electron chi connectivity index (χ1n) is 6.68. The number of nitrogens with one attached hydrogen (secondary N) is 1. The van der Waals surface area contributed by atoms with Gasteiger partial charge in [-0.15, -0.1) is 0 Å². The van der Waals surface area contributed by atoms with Crippen molar-refractivity contribution in [2.75, 3.05) is 0 Å². The van der Waals surface area contributed by atoms with Gasteiger partial charge in [0.15, 0.2) is 0 Å². The van der Waals surface area contributed by atoms with E-state index in [9.17, 15) is 4.79 Å². The molecule has 0 saturated heterocycles. The topological polar surface area (TPSA) is 68.0 Å². The van der Waals surface area contributed by atoms with E-state index in [4.69, 9.17) is 16.1 Å². The highest BCUT2D eigenvalue weighted by Crippen LogP contribution is 2.21. The molecule has 1 aromatic carbocycles. The highest BCUT2D eigenvalue weighted by atomic mass is 35.5. The molecule has 1 aromatic heterocycles. The largest absolute Gasteiger partial charge is 0.344 e. The predicted molar refractivity (Wildman–Crippen MR) is 80.8 cm³/mol. The summed E-state index contributed by atoms with van der Waals surface area (Å²) >= 11 is 5.84. The van der Waals surface area contributed by atoms with Crippen LogP contribution in [0.5, 0.6) is 0 Å². The molecule has 1 heterocycles. The number of amides is 1. The van der Waals surface area contributed by atoms with Gasteiger partial charge in [-0.1, -0.05) is 37.5 Å². The lowest BCUT2D eigenvalue weighted by atomic mass is 9.95. The van der Waals surface area contributed by atoms with E-state index in [0.29, 0.717) is 16.7 Å². The number of hydrogen-bond donors (Lipinski definition) is 1. The van der Waals surface area contributed by atoms with E-state index >= 15 is 0 Å². The van der Waals surface area contributed by atoms with E-state index in [2.05, 4.69) is 15.5 Å². The molecule has 0 bridgehead atoms. The summed E-state index contributed by atoms with van der Waals surface area (Å²) in [4.78, 5) is 16.3. The fourth-order valence-corrected chi connectivity index (χ4v) is 1.73. The first kappa shape index (κ1) is 15.5. The van der Waals surface area contributed by atoms with Crippen molar-refractivity contribution in [3.05, 3.63) is 35.2 Å². The Morgan fingerprint density at radius 1 is 1.29 bits per heavy atom. The van der Waals surface area contributed by atoms with Crippen molar-refractivity contribution < 1.29 is 9.32 Å². The van der Waals surface area contributed by atoms with Crippen LogP contribution < -0.4 is 5.32 Å². The summed E-state index contributed by atoms with van der Waals surface area (Å²) in [6.07, 6.45) is 0. The molecule has 1 N–H and O–H groups in total. The van der Waals surface area contributed by atoms with Gasteiger partial charge >= 0.3 is 0 Å². The number of halogens is 1. The van der Waals surface area contributed by atoms with Crippen molar-refractivity contribution in [3.63, 3.8) is 0 Å². The Morgan fingerprint density at radius 3 is 2.48 bits per heavy atom. The van der Waals surface area contributed by atoms with Crippen molar-refractivity contribution >= 4 is 17.5 Å². The van der Waals surface area contributed by atoms with E-state index in [1.807, 2.05) is 39.8 Å². The fourth-order valence-electron chi connectivity index (χ4n) is 1.60. The fraction of sp³-hybridized carbons (Fsp3) is 0.400. The maximum Gasteiger partial charge on any atom is 0.249 e. The minimum absolute atomic E-state index is 0.0683. The summed E-state index contributed by atoms with van der Waals surface area (Å²) in [5.74, 6) is 0.775. The Bertz CT molecular complexity index is 629. The molecule has 1 amide bonds. The molecule has 0 spiro atoms. The van der Waals surface area contributed by atoms with Gasteiger partial charge in [-0.3, -0.25) is 4.79 Å². The van der Waals surface area contributed by atoms with Crippen LogP contribution in [0.25, 0.3) is 11.4 Å². The van der Waals surface area contributed by atoms with E-state index in [-0.39, 0.29) is 11.9 Å². The highest BCUT2D eigenvalue weighted by Gasteiger charge is 2.25. The van der Waals surface area contributed by atoms with Crippen molar-refractivity contribution in [2.24, 2.45) is 5.41 Å². The quantitative estimate of drug-likeness (QED) is 0.940. The minimum atomic E-state index is -0.465. The van der Waals surface area contributed by atoms with Gasteiger partial charge in [0.1, 0.15) is 6.04 Å². The van der Waals surface area contributed by atoms with E-state index in [0.717, 1.165) is 5.56 Å². The summed E-state index contributed by atoms with van der Waals surface area (Å²) in [6, 6.07) is 6.81.